The second-order valence-electron chi connectivity index (χ2n) is 4.38. The maximum absolute atomic E-state index is 5.53. The van der Waals surface area contributed by atoms with E-state index in [1.54, 1.807) is 0 Å². The molecule has 88 valence electrons. The van der Waals surface area contributed by atoms with Crippen molar-refractivity contribution in [1.82, 2.24) is 10.2 Å². The average Bonchev–Trinajstić information content (AvgIpc) is 2.33. The van der Waals surface area contributed by atoms with Gasteiger partial charge in [0.2, 0.25) is 0 Å². The Kier molecular flexibility index (Phi) is 4.34. The number of hydrogen-bond acceptors (Lipinski definition) is 3. The molecule has 1 aromatic carbocycles. The van der Waals surface area contributed by atoms with E-state index in [1.165, 1.54) is 11.1 Å². The first-order valence-corrected chi connectivity index (χ1v) is 6.09. The van der Waals surface area contributed by atoms with E-state index < -0.39 is 0 Å². The van der Waals surface area contributed by atoms with Gasteiger partial charge in [0.1, 0.15) is 0 Å². The van der Waals surface area contributed by atoms with Gasteiger partial charge in [-0.15, -0.1) is 0 Å². The third kappa shape index (κ3) is 3.30. The van der Waals surface area contributed by atoms with Crippen LogP contribution >= 0.6 is 0 Å². The molecule has 0 radical (unpaired) electrons. The monoisotopic (exact) mass is 219 g/mol. The second-order valence-corrected chi connectivity index (χ2v) is 4.38. The molecule has 1 aliphatic rings. The summed E-state index contributed by atoms with van der Waals surface area (Å²) in [6.07, 6.45) is 0.980. The van der Waals surface area contributed by atoms with Crippen molar-refractivity contribution < 1.29 is 0 Å². The van der Waals surface area contributed by atoms with Crippen molar-refractivity contribution in [2.75, 3.05) is 32.7 Å². The third-order valence-electron chi connectivity index (χ3n) is 3.07. The van der Waals surface area contributed by atoms with Crippen LogP contribution in [0.4, 0.5) is 0 Å². The predicted octanol–water partition coefficient (Wildman–Crippen LogP) is 0.593. The smallest absolute Gasteiger partial charge is 0.0234 e. The lowest BCUT2D eigenvalue weighted by atomic mass is 10.1. The molecule has 3 N–H and O–H groups in total. The lowest BCUT2D eigenvalue weighted by Gasteiger charge is -2.27. The van der Waals surface area contributed by atoms with Crippen molar-refractivity contribution in [1.29, 1.82) is 0 Å². The van der Waals surface area contributed by atoms with Gasteiger partial charge in [-0.3, -0.25) is 4.90 Å². The van der Waals surface area contributed by atoms with Crippen LogP contribution in [0.3, 0.4) is 0 Å². The maximum atomic E-state index is 5.53. The lowest BCUT2D eigenvalue weighted by Crippen LogP contribution is -2.42. The number of benzene rings is 1. The fraction of sp³-hybridized carbons (Fsp3) is 0.538. The van der Waals surface area contributed by atoms with Crippen molar-refractivity contribution in [3.63, 3.8) is 0 Å². The molecule has 2 rings (SSSR count). The topological polar surface area (TPSA) is 41.3 Å². The number of nitrogens with two attached hydrogens (primary N) is 1. The fourth-order valence-electron chi connectivity index (χ4n) is 2.11. The van der Waals surface area contributed by atoms with Gasteiger partial charge in [0.15, 0.2) is 0 Å². The van der Waals surface area contributed by atoms with Gasteiger partial charge >= 0.3 is 0 Å². The van der Waals surface area contributed by atoms with Gasteiger partial charge in [0.05, 0.1) is 0 Å². The van der Waals surface area contributed by atoms with Crippen LogP contribution in [0, 0.1) is 0 Å². The summed E-state index contributed by atoms with van der Waals surface area (Å²) in [5, 5.41) is 3.37. The Hall–Kier alpha value is -0.900. The van der Waals surface area contributed by atoms with Gasteiger partial charge in [-0.1, -0.05) is 24.3 Å². The number of rotatable bonds is 4. The molecule has 0 amide bonds. The molecule has 0 unspecified atom stereocenters. The molecule has 16 heavy (non-hydrogen) atoms. The molecule has 1 aromatic rings. The SMILES string of the molecule is NCCc1ccc(CN2CCNCC2)cc1. The molecular weight excluding hydrogens is 198 g/mol. The van der Waals surface area contributed by atoms with Crippen LogP contribution in [0.5, 0.6) is 0 Å². The number of nitrogens with zero attached hydrogens (tertiary/aromatic N) is 1. The summed E-state index contributed by atoms with van der Waals surface area (Å²) in [5.41, 5.74) is 8.28. The van der Waals surface area contributed by atoms with E-state index in [0.717, 1.165) is 45.7 Å². The highest BCUT2D eigenvalue weighted by molar-refractivity contribution is 5.22. The molecule has 1 aliphatic heterocycles. The second kappa shape index (κ2) is 5.99. The molecule has 0 bridgehead atoms. The quantitative estimate of drug-likeness (QED) is 0.779. The van der Waals surface area contributed by atoms with Crippen LogP contribution in [0.1, 0.15) is 11.1 Å². The summed E-state index contributed by atoms with van der Waals surface area (Å²) >= 11 is 0. The van der Waals surface area contributed by atoms with Crippen molar-refractivity contribution >= 4 is 0 Å². The Morgan fingerprint density at radius 2 is 1.69 bits per heavy atom. The normalized spacial score (nSPS) is 17.6. The molecule has 0 saturated carbocycles. The first-order valence-electron chi connectivity index (χ1n) is 6.09. The van der Waals surface area contributed by atoms with E-state index in [-0.39, 0.29) is 0 Å². The van der Waals surface area contributed by atoms with Crippen LogP contribution in [0.2, 0.25) is 0 Å². The molecule has 1 heterocycles. The molecule has 0 atom stereocenters. The minimum Gasteiger partial charge on any atom is -0.330 e. The van der Waals surface area contributed by atoms with Crippen LogP contribution in [0.25, 0.3) is 0 Å². The maximum Gasteiger partial charge on any atom is 0.0234 e. The van der Waals surface area contributed by atoms with Crippen LogP contribution < -0.4 is 11.1 Å². The molecule has 0 aromatic heterocycles. The van der Waals surface area contributed by atoms with E-state index >= 15 is 0 Å². The first-order chi connectivity index (χ1) is 7.88. The summed E-state index contributed by atoms with van der Waals surface area (Å²) in [7, 11) is 0. The Morgan fingerprint density at radius 1 is 1.06 bits per heavy atom. The van der Waals surface area contributed by atoms with Gasteiger partial charge in [-0.25, -0.2) is 0 Å². The van der Waals surface area contributed by atoms with Crippen molar-refractivity contribution in [2.24, 2.45) is 5.73 Å². The first kappa shape index (κ1) is 11.6. The van der Waals surface area contributed by atoms with Gasteiger partial charge < -0.3 is 11.1 Å². The van der Waals surface area contributed by atoms with Crippen molar-refractivity contribution in [3.8, 4) is 0 Å². The molecular formula is C13H21N3. The molecule has 1 fully saturated rings. The molecule has 3 heteroatoms. The standard InChI is InChI=1S/C13H21N3/c14-6-5-12-1-3-13(4-2-12)11-16-9-7-15-8-10-16/h1-4,15H,5-11,14H2. The van der Waals surface area contributed by atoms with E-state index in [0.29, 0.717) is 0 Å². The zero-order chi connectivity index (χ0) is 11.2. The Bertz CT molecular complexity index is 301. The largest absolute Gasteiger partial charge is 0.330 e. The number of hydrogen-bond donors (Lipinski definition) is 2. The number of nitrogens with one attached hydrogen (secondary N) is 1. The van der Waals surface area contributed by atoms with Crippen LogP contribution in [0.15, 0.2) is 24.3 Å². The Balaban J connectivity index is 1.88. The van der Waals surface area contributed by atoms with Gasteiger partial charge in [-0.2, -0.15) is 0 Å². The lowest BCUT2D eigenvalue weighted by molar-refractivity contribution is 0.233. The summed E-state index contributed by atoms with van der Waals surface area (Å²) in [6, 6.07) is 8.86. The summed E-state index contributed by atoms with van der Waals surface area (Å²) in [6.45, 7) is 6.35. The van der Waals surface area contributed by atoms with Crippen molar-refractivity contribution in [3.05, 3.63) is 35.4 Å². The Morgan fingerprint density at radius 3 is 2.31 bits per heavy atom. The van der Waals surface area contributed by atoms with E-state index in [1.807, 2.05) is 0 Å². The van der Waals surface area contributed by atoms with Gasteiger partial charge in [0.25, 0.3) is 0 Å². The number of piperazine rings is 1. The van der Waals surface area contributed by atoms with E-state index in [4.69, 9.17) is 5.73 Å². The zero-order valence-corrected chi connectivity index (χ0v) is 9.78. The summed E-state index contributed by atoms with van der Waals surface area (Å²) in [4.78, 5) is 2.49. The zero-order valence-electron chi connectivity index (χ0n) is 9.78. The Labute approximate surface area is 97.6 Å². The molecule has 1 saturated heterocycles. The van der Waals surface area contributed by atoms with Gasteiger partial charge in [0, 0.05) is 32.7 Å². The minimum atomic E-state index is 0.733. The highest BCUT2D eigenvalue weighted by Crippen LogP contribution is 2.08. The third-order valence-corrected chi connectivity index (χ3v) is 3.07. The van der Waals surface area contributed by atoms with E-state index in [9.17, 15) is 0 Å². The average molecular weight is 219 g/mol. The van der Waals surface area contributed by atoms with Gasteiger partial charge in [-0.05, 0) is 24.1 Å². The summed E-state index contributed by atoms with van der Waals surface area (Å²) in [5.74, 6) is 0. The minimum absolute atomic E-state index is 0.733. The fourth-order valence-corrected chi connectivity index (χ4v) is 2.11. The van der Waals surface area contributed by atoms with Crippen LogP contribution in [-0.4, -0.2) is 37.6 Å². The van der Waals surface area contributed by atoms with Crippen LogP contribution in [-0.2, 0) is 13.0 Å². The van der Waals surface area contributed by atoms with Crippen molar-refractivity contribution in [2.45, 2.75) is 13.0 Å². The highest BCUT2D eigenvalue weighted by atomic mass is 15.2. The molecule has 0 aliphatic carbocycles. The molecule has 3 nitrogen and oxygen atoms in total. The highest BCUT2D eigenvalue weighted by Gasteiger charge is 2.09. The summed E-state index contributed by atoms with van der Waals surface area (Å²) < 4.78 is 0. The van der Waals surface area contributed by atoms with E-state index in [2.05, 4.69) is 34.5 Å². The molecule has 0 spiro atoms. The predicted molar refractivity (Wildman–Crippen MR) is 67.3 cm³/mol.